The van der Waals surface area contributed by atoms with Crippen LogP contribution < -0.4 is 5.32 Å². The van der Waals surface area contributed by atoms with E-state index in [9.17, 15) is 0 Å². The van der Waals surface area contributed by atoms with E-state index in [0.29, 0.717) is 0 Å². The highest BCUT2D eigenvalue weighted by atomic mass is 16.5. The van der Waals surface area contributed by atoms with Gasteiger partial charge < -0.3 is 19.0 Å². The van der Waals surface area contributed by atoms with Gasteiger partial charge >= 0.3 is 0 Å². The first-order valence-electron chi connectivity index (χ1n) is 8.14. The maximum Gasteiger partial charge on any atom is 0.139 e. The molecule has 1 saturated heterocycles. The van der Waals surface area contributed by atoms with Crippen LogP contribution in [0.4, 0.5) is 0 Å². The SMILES string of the molecule is CCn1ccnc1[C@H]1OCC[C@@H]1NCc1cnc2ccccn12. The number of ether oxygens (including phenoxy) is 1. The Hall–Kier alpha value is -2.18. The molecule has 1 aliphatic rings. The minimum atomic E-state index is 0.0177. The number of fused-ring (bicyclic) bond motifs is 1. The van der Waals surface area contributed by atoms with Crippen LogP contribution in [0.2, 0.25) is 0 Å². The monoisotopic (exact) mass is 311 g/mol. The lowest BCUT2D eigenvalue weighted by Crippen LogP contribution is -2.32. The van der Waals surface area contributed by atoms with Gasteiger partial charge in [-0.05, 0) is 25.5 Å². The standard InChI is InChI=1S/C17H21N5O/c1-2-21-9-7-18-17(21)16-14(6-10-23-16)19-11-13-12-20-15-5-3-4-8-22(13)15/h3-5,7-9,12,14,16,19H,2,6,10-11H2,1H3/t14-,16-/m0/s1. The average molecular weight is 311 g/mol. The first kappa shape index (κ1) is 14.4. The van der Waals surface area contributed by atoms with Crippen LogP contribution in [0.1, 0.15) is 31.0 Å². The van der Waals surface area contributed by atoms with E-state index in [0.717, 1.165) is 43.3 Å². The fraction of sp³-hybridized carbons (Fsp3) is 0.412. The van der Waals surface area contributed by atoms with Crippen molar-refractivity contribution in [1.29, 1.82) is 0 Å². The van der Waals surface area contributed by atoms with Crippen molar-refractivity contribution in [3.63, 3.8) is 0 Å². The van der Waals surface area contributed by atoms with E-state index in [1.54, 1.807) is 0 Å². The molecule has 6 heteroatoms. The van der Waals surface area contributed by atoms with Crippen LogP contribution in [0.15, 0.2) is 43.0 Å². The van der Waals surface area contributed by atoms with Gasteiger partial charge in [0.25, 0.3) is 0 Å². The molecule has 0 bridgehead atoms. The first-order chi connectivity index (χ1) is 11.4. The van der Waals surface area contributed by atoms with Crippen LogP contribution in [-0.2, 0) is 17.8 Å². The number of rotatable bonds is 5. The maximum atomic E-state index is 5.94. The van der Waals surface area contributed by atoms with Gasteiger partial charge in [-0.3, -0.25) is 0 Å². The summed E-state index contributed by atoms with van der Waals surface area (Å²) in [6, 6.07) is 6.32. The fourth-order valence-electron chi connectivity index (χ4n) is 3.25. The Kier molecular flexibility index (Phi) is 3.85. The highest BCUT2D eigenvalue weighted by molar-refractivity contribution is 5.39. The summed E-state index contributed by atoms with van der Waals surface area (Å²) in [5.74, 6) is 1.01. The highest BCUT2D eigenvalue weighted by Crippen LogP contribution is 2.28. The van der Waals surface area contributed by atoms with E-state index in [2.05, 4.69) is 31.2 Å². The minimum Gasteiger partial charge on any atom is -0.369 e. The Morgan fingerprint density at radius 3 is 3.17 bits per heavy atom. The van der Waals surface area contributed by atoms with Gasteiger partial charge in [0.15, 0.2) is 0 Å². The van der Waals surface area contributed by atoms with Crippen LogP contribution in [0.5, 0.6) is 0 Å². The minimum absolute atomic E-state index is 0.0177. The van der Waals surface area contributed by atoms with Crippen molar-refractivity contribution < 1.29 is 4.74 Å². The summed E-state index contributed by atoms with van der Waals surface area (Å²) in [7, 11) is 0. The van der Waals surface area contributed by atoms with Crippen LogP contribution in [0.3, 0.4) is 0 Å². The first-order valence-corrected chi connectivity index (χ1v) is 8.14. The number of hydrogen-bond acceptors (Lipinski definition) is 4. The number of nitrogens with zero attached hydrogens (tertiary/aromatic N) is 4. The van der Waals surface area contributed by atoms with Gasteiger partial charge in [-0.2, -0.15) is 0 Å². The molecule has 3 aromatic rings. The second-order valence-corrected chi connectivity index (χ2v) is 5.82. The van der Waals surface area contributed by atoms with Gasteiger partial charge in [0.05, 0.1) is 11.9 Å². The summed E-state index contributed by atoms with van der Waals surface area (Å²) >= 11 is 0. The maximum absolute atomic E-state index is 5.94. The van der Waals surface area contributed by atoms with Gasteiger partial charge in [0, 0.05) is 44.3 Å². The molecule has 0 radical (unpaired) electrons. The zero-order valence-electron chi connectivity index (χ0n) is 13.2. The van der Waals surface area contributed by atoms with Crippen molar-refractivity contribution in [3.8, 4) is 0 Å². The van der Waals surface area contributed by atoms with E-state index >= 15 is 0 Å². The lowest BCUT2D eigenvalue weighted by molar-refractivity contribution is 0.0885. The van der Waals surface area contributed by atoms with Gasteiger partial charge in [-0.1, -0.05) is 6.07 Å². The predicted octanol–water partition coefficient (Wildman–Crippen LogP) is 2.17. The molecule has 6 nitrogen and oxygen atoms in total. The molecule has 120 valence electrons. The number of hydrogen-bond donors (Lipinski definition) is 1. The molecule has 4 rings (SSSR count). The summed E-state index contributed by atoms with van der Waals surface area (Å²) in [5, 5.41) is 3.63. The number of aromatic nitrogens is 4. The molecule has 2 atom stereocenters. The van der Waals surface area contributed by atoms with Crippen molar-refractivity contribution in [2.75, 3.05) is 6.61 Å². The summed E-state index contributed by atoms with van der Waals surface area (Å²) in [6.45, 7) is 4.57. The van der Waals surface area contributed by atoms with Crippen LogP contribution in [0.25, 0.3) is 5.65 Å². The smallest absolute Gasteiger partial charge is 0.139 e. The molecule has 0 unspecified atom stereocenters. The Balaban J connectivity index is 1.50. The third-order valence-electron chi connectivity index (χ3n) is 4.47. The van der Waals surface area contributed by atoms with Gasteiger partial charge in [0.2, 0.25) is 0 Å². The predicted molar refractivity (Wildman–Crippen MR) is 87.0 cm³/mol. The van der Waals surface area contributed by atoms with Gasteiger partial charge in [-0.15, -0.1) is 0 Å². The largest absolute Gasteiger partial charge is 0.369 e. The molecular weight excluding hydrogens is 290 g/mol. The van der Waals surface area contributed by atoms with Gasteiger partial charge in [-0.25, -0.2) is 9.97 Å². The summed E-state index contributed by atoms with van der Waals surface area (Å²) in [5.41, 5.74) is 2.13. The number of aryl methyl sites for hydroxylation is 1. The molecule has 1 fully saturated rings. The molecule has 23 heavy (non-hydrogen) atoms. The van der Waals surface area contributed by atoms with Crippen LogP contribution in [0, 0.1) is 0 Å². The van der Waals surface area contributed by atoms with Crippen molar-refractivity contribution in [3.05, 3.63) is 54.5 Å². The second kappa shape index (κ2) is 6.14. The summed E-state index contributed by atoms with van der Waals surface area (Å²) in [6.07, 6.45) is 8.86. The van der Waals surface area contributed by atoms with Crippen LogP contribution in [-0.4, -0.2) is 31.6 Å². The molecule has 0 spiro atoms. The molecule has 4 heterocycles. The fourth-order valence-corrected chi connectivity index (χ4v) is 3.25. The second-order valence-electron chi connectivity index (χ2n) is 5.82. The number of nitrogens with one attached hydrogen (secondary N) is 1. The van der Waals surface area contributed by atoms with E-state index < -0.39 is 0 Å². The summed E-state index contributed by atoms with van der Waals surface area (Å²) < 4.78 is 10.2. The van der Waals surface area contributed by atoms with Crippen molar-refractivity contribution in [1.82, 2.24) is 24.3 Å². The van der Waals surface area contributed by atoms with E-state index in [4.69, 9.17) is 4.74 Å². The molecule has 1 N–H and O–H groups in total. The van der Waals surface area contributed by atoms with E-state index in [1.165, 1.54) is 0 Å². The number of pyridine rings is 1. The van der Waals surface area contributed by atoms with Crippen molar-refractivity contribution in [2.24, 2.45) is 0 Å². The Morgan fingerprint density at radius 1 is 1.30 bits per heavy atom. The third-order valence-corrected chi connectivity index (χ3v) is 4.47. The molecule has 0 aliphatic carbocycles. The quantitative estimate of drug-likeness (QED) is 0.784. The normalized spacial score (nSPS) is 21.3. The average Bonchev–Trinajstić information content (AvgIpc) is 3.31. The lowest BCUT2D eigenvalue weighted by atomic mass is 10.1. The molecule has 1 aliphatic heterocycles. The topological polar surface area (TPSA) is 56.4 Å². The highest BCUT2D eigenvalue weighted by Gasteiger charge is 2.32. The van der Waals surface area contributed by atoms with Crippen molar-refractivity contribution in [2.45, 2.75) is 38.6 Å². The van der Waals surface area contributed by atoms with Crippen molar-refractivity contribution >= 4 is 5.65 Å². The van der Waals surface area contributed by atoms with E-state index in [-0.39, 0.29) is 12.1 Å². The molecular formula is C17H21N5O. The Bertz CT molecular complexity index is 793. The molecule has 0 aromatic carbocycles. The summed E-state index contributed by atoms with van der Waals surface area (Å²) in [4.78, 5) is 8.93. The van der Waals surface area contributed by atoms with E-state index in [1.807, 2.05) is 43.0 Å². The van der Waals surface area contributed by atoms with Crippen LogP contribution >= 0.6 is 0 Å². The Morgan fingerprint density at radius 2 is 2.26 bits per heavy atom. The zero-order valence-corrected chi connectivity index (χ0v) is 13.2. The molecule has 3 aromatic heterocycles. The zero-order chi connectivity index (χ0) is 15.6. The van der Waals surface area contributed by atoms with Gasteiger partial charge in [0.1, 0.15) is 17.6 Å². The molecule has 0 saturated carbocycles. The lowest BCUT2D eigenvalue weighted by Gasteiger charge is -2.20. The third kappa shape index (κ3) is 2.64. The number of imidazole rings is 2. The molecule has 0 amide bonds. The Labute approximate surface area is 135 Å².